The van der Waals surface area contributed by atoms with Gasteiger partial charge in [0, 0.05) is 6.04 Å². The molecule has 20 heavy (non-hydrogen) atoms. The van der Waals surface area contributed by atoms with Crippen molar-refractivity contribution in [3.8, 4) is 0 Å². The average molecular weight is 274 g/mol. The van der Waals surface area contributed by atoms with Gasteiger partial charge >= 0.3 is 5.97 Å². The van der Waals surface area contributed by atoms with Crippen LogP contribution in [0.3, 0.4) is 0 Å². The molecule has 0 amide bonds. The Morgan fingerprint density at radius 2 is 2.35 bits per heavy atom. The smallest absolute Gasteiger partial charge is 0.335 e. The Bertz CT molecular complexity index is 631. The second-order valence-corrected chi connectivity index (χ2v) is 5.44. The number of hydrogen-bond donors (Lipinski definition) is 2. The van der Waals surface area contributed by atoms with Crippen molar-refractivity contribution >= 4 is 23.1 Å². The third-order valence-electron chi connectivity index (χ3n) is 3.77. The van der Waals surface area contributed by atoms with E-state index in [0.717, 1.165) is 18.8 Å². The molecule has 1 aliphatic carbocycles. The number of rotatable bonds is 6. The topological polar surface area (TPSA) is 75.4 Å². The summed E-state index contributed by atoms with van der Waals surface area (Å²) in [5.74, 6) is -0.117. The Morgan fingerprint density at radius 1 is 1.55 bits per heavy atom. The highest BCUT2D eigenvalue weighted by molar-refractivity contribution is 5.92. The summed E-state index contributed by atoms with van der Waals surface area (Å²) in [6.07, 6.45) is 4.83. The number of nitrogens with one attached hydrogen (secondary N) is 1. The predicted octanol–water partition coefficient (Wildman–Crippen LogP) is 3.52. The molecule has 1 atom stereocenters. The number of anilines is 1. The molecule has 3 rings (SSSR count). The van der Waals surface area contributed by atoms with Gasteiger partial charge in [-0.05, 0) is 37.0 Å². The Balaban J connectivity index is 1.78. The van der Waals surface area contributed by atoms with E-state index in [1.807, 2.05) is 0 Å². The van der Waals surface area contributed by atoms with Crippen molar-refractivity contribution in [2.24, 2.45) is 5.92 Å². The molecule has 106 valence electrons. The fraction of sp³-hybridized carbons (Fsp3) is 0.467. The van der Waals surface area contributed by atoms with E-state index in [1.165, 1.54) is 18.9 Å². The molecule has 1 heterocycles. The van der Waals surface area contributed by atoms with Crippen molar-refractivity contribution in [1.29, 1.82) is 0 Å². The van der Waals surface area contributed by atoms with Crippen molar-refractivity contribution < 1.29 is 14.3 Å². The third-order valence-corrected chi connectivity index (χ3v) is 3.77. The molecule has 2 aromatic rings. The Morgan fingerprint density at radius 3 is 3.00 bits per heavy atom. The summed E-state index contributed by atoms with van der Waals surface area (Å²) in [5, 5.41) is 12.3. The van der Waals surface area contributed by atoms with E-state index in [2.05, 4.69) is 17.2 Å². The maximum Gasteiger partial charge on any atom is 0.335 e. The molecule has 0 aliphatic heterocycles. The Hall–Kier alpha value is -2.04. The molecule has 0 saturated heterocycles. The minimum atomic E-state index is -0.960. The Kier molecular flexibility index (Phi) is 3.34. The molecule has 1 aliphatic rings. The van der Waals surface area contributed by atoms with Gasteiger partial charge in [-0.15, -0.1) is 0 Å². The molecule has 1 saturated carbocycles. The van der Waals surface area contributed by atoms with Gasteiger partial charge in [-0.3, -0.25) is 0 Å². The van der Waals surface area contributed by atoms with Crippen molar-refractivity contribution in [1.82, 2.24) is 4.98 Å². The van der Waals surface area contributed by atoms with Crippen molar-refractivity contribution in [3.63, 3.8) is 0 Å². The van der Waals surface area contributed by atoms with Gasteiger partial charge in [0.05, 0.1) is 5.56 Å². The molecule has 1 aromatic heterocycles. The number of fused-ring (bicyclic) bond motifs is 1. The number of carboxylic acids is 1. The number of nitrogens with zero attached hydrogens (tertiary/aromatic N) is 1. The first-order valence-corrected chi connectivity index (χ1v) is 7.06. The summed E-state index contributed by atoms with van der Waals surface area (Å²) < 4.78 is 5.61. The summed E-state index contributed by atoms with van der Waals surface area (Å²) in [7, 11) is 0. The van der Waals surface area contributed by atoms with E-state index in [4.69, 9.17) is 9.52 Å². The number of carboxylic acid groups (broad SMARTS) is 1. The standard InChI is InChI=1S/C15H18N2O3/c1-2-11(7-9-3-4-9)16-15-17-12-6-5-10(14(18)19)8-13(12)20-15/h5-6,8-9,11H,2-4,7H2,1H3,(H,16,17)(H,18,19). The van der Waals surface area contributed by atoms with E-state index in [9.17, 15) is 4.79 Å². The van der Waals surface area contributed by atoms with Crippen LogP contribution >= 0.6 is 0 Å². The lowest BCUT2D eigenvalue weighted by molar-refractivity contribution is 0.0697. The van der Waals surface area contributed by atoms with Crippen molar-refractivity contribution in [2.45, 2.75) is 38.6 Å². The van der Waals surface area contributed by atoms with E-state index in [-0.39, 0.29) is 5.56 Å². The van der Waals surface area contributed by atoms with Crippen LogP contribution < -0.4 is 5.32 Å². The van der Waals surface area contributed by atoms with Crippen LogP contribution in [0.1, 0.15) is 43.0 Å². The molecule has 1 aromatic carbocycles. The molecular formula is C15H18N2O3. The fourth-order valence-electron chi connectivity index (χ4n) is 2.38. The van der Waals surface area contributed by atoms with Gasteiger partial charge in [0.2, 0.25) is 0 Å². The molecule has 5 nitrogen and oxygen atoms in total. The summed E-state index contributed by atoms with van der Waals surface area (Å²) >= 11 is 0. The predicted molar refractivity (Wildman–Crippen MR) is 76.0 cm³/mol. The molecule has 0 radical (unpaired) electrons. The average Bonchev–Trinajstić information content (AvgIpc) is 3.15. The second kappa shape index (κ2) is 5.15. The number of aromatic carboxylic acids is 1. The van der Waals surface area contributed by atoms with Crippen LogP contribution in [0, 0.1) is 5.92 Å². The van der Waals surface area contributed by atoms with Crippen LogP contribution in [-0.4, -0.2) is 22.1 Å². The first-order valence-electron chi connectivity index (χ1n) is 7.06. The zero-order valence-electron chi connectivity index (χ0n) is 11.4. The van der Waals surface area contributed by atoms with Crippen LogP contribution in [0.4, 0.5) is 6.01 Å². The summed E-state index contributed by atoms with van der Waals surface area (Å²) in [6.45, 7) is 2.14. The molecule has 1 fully saturated rings. The zero-order chi connectivity index (χ0) is 14.1. The third kappa shape index (κ3) is 2.76. The lowest BCUT2D eigenvalue weighted by atomic mass is 10.1. The van der Waals surface area contributed by atoms with Crippen LogP contribution in [0.5, 0.6) is 0 Å². The first-order chi connectivity index (χ1) is 9.65. The van der Waals surface area contributed by atoms with E-state index >= 15 is 0 Å². The highest BCUT2D eigenvalue weighted by Gasteiger charge is 2.25. The first kappa shape index (κ1) is 13.0. The summed E-state index contributed by atoms with van der Waals surface area (Å²) in [5.41, 5.74) is 1.40. The maximum atomic E-state index is 10.9. The molecular weight excluding hydrogens is 256 g/mol. The van der Waals surface area contributed by atoms with Gasteiger partial charge in [0.1, 0.15) is 5.52 Å². The summed E-state index contributed by atoms with van der Waals surface area (Å²) in [4.78, 5) is 15.3. The van der Waals surface area contributed by atoms with Crippen LogP contribution in [-0.2, 0) is 0 Å². The molecule has 2 N–H and O–H groups in total. The van der Waals surface area contributed by atoms with E-state index < -0.39 is 5.97 Å². The maximum absolute atomic E-state index is 10.9. The highest BCUT2D eigenvalue weighted by atomic mass is 16.4. The van der Waals surface area contributed by atoms with E-state index in [0.29, 0.717) is 23.2 Å². The number of aromatic nitrogens is 1. The fourth-order valence-corrected chi connectivity index (χ4v) is 2.38. The van der Waals surface area contributed by atoms with Crippen molar-refractivity contribution in [2.75, 3.05) is 5.32 Å². The quantitative estimate of drug-likeness (QED) is 0.843. The van der Waals surface area contributed by atoms with Crippen LogP contribution in [0.25, 0.3) is 11.1 Å². The Labute approximate surface area is 117 Å². The number of oxazole rings is 1. The lowest BCUT2D eigenvalue weighted by Crippen LogP contribution is -2.19. The number of carbonyl (C=O) groups is 1. The minimum Gasteiger partial charge on any atom is -0.478 e. The molecule has 0 spiro atoms. The zero-order valence-corrected chi connectivity index (χ0v) is 11.4. The minimum absolute atomic E-state index is 0.213. The van der Waals surface area contributed by atoms with Crippen molar-refractivity contribution in [3.05, 3.63) is 23.8 Å². The summed E-state index contributed by atoms with van der Waals surface area (Å²) in [6, 6.07) is 5.58. The van der Waals surface area contributed by atoms with Gasteiger partial charge in [0.25, 0.3) is 6.01 Å². The second-order valence-electron chi connectivity index (χ2n) is 5.44. The lowest BCUT2D eigenvalue weighted by Gasteiger charge is -2.14. The largest absolute Gasteiger partial charge is 0.478 e. The SMILES string of the molecule is CCC(CC1CC1)Nc1nc2ccc(C(=O)O)cc2o1. The number of hydrogen-bond acceptors (Lipinski definition) is 4. The number of benzene rings is 1. The van der Waals surface area contributed by atoms with Crippen LogP contribution in [0.15, 0.2) is 22.6 Å². The molecule has 0 bridgehead atoms. The normalized spacial score (nSPS) is 16.2. The van der Waals surface area contributed by atoms with Crippen LogP contribution in [0.2, 0.25) is 0 Å². The van der Waals surface area contributed by atoms with Gasteiger partial charge in [-0.25, -0.2) is 4.79 Å². The molecule has 1 unspecified atom stereocenters. The van der Waals surface area contributed by atoms with Gasteiger partial charge < -0.3 is 14.8 Å². The molecule has 5 heteroatoms. The van der Waals surface area contributed by atoms with Gasteiger partial charge in [-0.2, -0.15) is 4.98 Å². The monoisotopic (exact) mass is 274 g/mol. The highest BCUT2D eigenvalue weighted by Crippen LogP contribution is 2.35. The van der Waals surface area contributed by atoms with E-state index in [1.54, 1.807) is 12.1 Å². The van der Waals surface area contributed by atoms with Gasteiger partial charge in [0.15, 0.2) is 5.58 Å². The van der Waals surface area contributed by atoms with Gasteiger partial charge in [-0.1, -0.05) is 19.8 Å².